The van der Waals surface area contributed by atoms with E-state index in [0.717, 1.165) is 18.1 Å². The maximum atomic E-state index is 11.7. The molecule has 0 radical (unpaired) electrons. The maximum absolute atomic E-state index is 11.7. The molecule has 1 amide bonds. The van der Waals surface area contributed by atoms with Gasteiger partial charge in [0.1, 0.15) is 31.2 Å². The van der Waals surface area contributed by atoms with E-state index >= 15 is 0 Å². The zero-order valence-corrected chi connectivity index (χ0v) is 14.4. The highest BCUT2D eigenvalue weighted by Gasteiger charge is 2.45. The van der Waals surface area contributed by atoms with Crippen molar-refractivity contribution in [2.75, 3.05) is 20.3 Å². The Morgan fingerprint density at radius 1 is 1.46 bits per heavy atom. The second-order valence-corrected chi connectivity index (χ2v) is 6.80. The SMILES string of the molecule is COC(=O)CNP(=O)(O)OC[C@H]1O[C@@H](n2cnc(C(N)=O)n2)[C@H](O)[C@@H]1O. The fourth-order valence-corrected chi connectivity index (χ4v) is 2.82. The van der Waals surface area contributed by atoms with Gasteiger partial charge < -0.3 is 30.3 Å². The summed E-state index contributed by atoms with van der Waals surface area (Å²) in [4.78, 5) is 35.1. The number of hydrogen-bond donors (Lipinski definition) is 5. The first-order valence-electron chi connectivity index (χ1n) is 7.16. The van der Waals surface area contributed by atoms with Crippen molar-refractivity contribution in [3.05, 3.63) is 12.2 Å². The number of rotatable bonds is 8. The van der Waals surface area contributed by atoms with Gasteiger partial charge in [-0.3, -0.25) is 14.1 Å². The Balaban J connectivity index is 1.95. The third-order valence-electron chi connectivity index (χ3n) is 3.39. The van der Waals surface area contributed by atoms with Crippen LogP contribution >= 0.6 is 7.75 Å². The Kier molecular flexibility index (Phi) is 6.41. The number of aliphatic hydroxyl groups excluding tert-OH is 2. The van der Waals surface area contributed by atoms with Gasteiger partial charge in [0.05, 0.1) is 13.7 Å². The molecule has 1 aliphatic rings. The lowest BCUT2D eigenvalue weighted by atomic mass is 10.1. The van der Waals surface area contributed by atoms with E-state index in [1.54, 1.807) is 0 Å². The predicted octanol–water partition coefficient (Wildman–Crippen LogP) is -3.12. The number of nitrogens with one attached hydrogen (secondary N) is 1. The van der Waals surface area contributed by atoms with Crippen LogP contribution in [0.5, 0.6) is 0 Å². The van der Waals surface area contributed by atoms with E-state index in [1.165, 1.54) is 0 Å². The molecule has 14 nitrogen and oxygen atoms in total. The highest BCUT2D eigenvalue weighted by molar-refractivity contribution is 7.50. The molecule has 146 valence electrons. The summed E-state index contributed by atoms with van der Waals surface area (Å²) in [5.41, 5.74) is 5.02. The van der Waals surface area contributed by atoms with Gasteiger partial charge in [0.25, 0.3) is 5.91 Å². The molecule has 0 saturated carbocycles. The van der Waals surface area contributed by atoms with Crippen molar-refractivity contribution in [2.24, 2.45) is 5.73 Å². The molecule has 2 rings (SSSR count). The lowest BCUT2D eigenvalue weighted by Gasteiger charge is -2.17. The molecule has 1 saturated heterocycles. The van der Waals surface area contributed by atoms with Gasteiger partial charge in [-0.15, -0.1) is 5.10 Å². The number of carbonyl (C=O) groups excluding carboxylic acids is 2. The molecule has 1 aromatic rings. The van der Waals surface area contributed by atoms with E-state index in [-0.39, 0.29) is 5.82 Å². The second-order valence-electron chi connectivity index (χ2n) is 5.19. The molecule has 5 atom stereocenters. The van der Waals surface area contributed by atoms with Crippen molar-refractivity contribution in [1.82, 2.24) is 19.9 Å². The fourth-order valence-electron chi connectivity index (χ4n) is 2.05. The minimum absolute atomic E-state index is 0.318. The largest absolute Gasteiger partial charge is 0.468 e. The Labute approximate surface area is 146 Å². The lowest BCUT2D eigenvalue weighted by molar-refractivity contribution is -0.139. The molecular weight excluding hydrogens is 377 g/mol. The molecule has 6 N–H and O–H groups in total. The quantitative estimate of drug-likeness (QED) is 0.219. The number of ether oxygens (including phenoxy) is 2. The van der Waals surface area contributed by atoms with Crippen LogP contribution in [0, 0.1) is 0 Å². The third-order valence-corrected chi connectivity index (χ3v) is 4.45. The number of amides is 1. The van der Waals surface area contributed by atoms with Gasteiger partial charge in [-0.2, -0.15) is 0 Å². The topological polar surface area (TPSA) is 208 Å². The number of nitrogens with zero attached hydrogens (tertiary/aromatic N) is 3. The van der Waals surface area contributed by atoms with Crippen LogP contribution in [0.3, 0.4) is 0 Å². The molecule has 1 aromatic heterocycles. The van der Waals surface area contributed by atoms with E-state index in [4.69, 9.17) is 15.0 Å². The van der Waals surface area contributed by atoms with Crippen LogP contribution in [0.25, 0.3) is 0 Å². The van der Waals surface area contributed by atoms with Crippen molar-refractivity contribution in [3.63, 3.8) is 0 Å². The number of aliphatic hydroxyl groups is 2. The minimum atomic E-state index is -4.38. The standard InChI is InChI=1S/C11H18N5O9P/c1-23-6(17)2-14-26(21,22)24-3-5-7(18)8(19)11(25-5)16-4-13-10(15-16)9(12)20/h4-5,7-8,11,18-19H,2-3H2,1H3,(H2,12,20)(H2,14,21,22)/t5-,7-,8-,11-/m1/s1. The Hall–Kier alpha value is -1.93. The molecule has 1 unspecified atom stereocenters. The van der Waals surface area contributed by atoms with E-state index in [2.05, 4.69) is 14.8 Å². The molecule has 1 aliphatic heterocycles. The number of methoxy groups -OCH3 is 1. The van der Waals surface area contributed by atoms with E-state index in [9.17, 15) is 29.3 Å². The average molecular weight is 395 g/mol. The third kappa shape index (κ3) is 4.82. The van der Waals surface area contributed by atoms with Gasteiger partial charge in [0.15, 0.2) is 6.23 Å². The molecule has 0 aromatic carbocycles. The van der Waals surface area contributed by atoms with Crippen LogP contribution in [0.15, 0.2) is 6.33 Å². The van der Waals surface area contributed by atoms with Gasteiger partial charge in [-0.05, 0) is 0 Å². The molecule has 15 heteroatoms. The molecule has 1 fully saturated rings. The Morgan fingerprint density at radius 2 is 2.15 bits per heavy atom. The number of carbonyl (C=O) groups is 2. The first kappa shape index (κ1) is 20.4. The molecule has 0 aliphatic carbocycles. The van der Waals surface area contributed by atoms with E-state index in [1.807, 2.05) is 5.09 Å². The van der Waals surface area contributed by atoms with Gasteiger partial charge in [0, 0.05) is 0 Å². The van der Waals surface area contributed by atoms with Crippen LogP contribution in [-0.2, 0) is 23.4 Å². The summed E-state index contributed by atoms with van der Waals surface area (Å²) in [6, 6.07) is 0. The summed E-state index contributed by atoms with van der Waals surface area (Å²) in [7, 11) is -3.28. The number of nitrogens with two attached hydrogens (primary N) is 1. The number of primary amides is 1. The van der Waals surface area contributed by atoms with Gasteiger partial charge in [0.2, 0.25) is 5.82 Å². The summed E-state index contributed by atoms with van der Waals surface area (Å²) in [5.74, 6) is -2.00. The van der Waals surface area contributed by atoms with Crippen LogP contribution in [0.2, 0.25) is 0 Å². The summed E-state index contributed by atoms with van der Waals surface area (Å²) in [6.07, 6.45) is -4.32. The van der Waals surface area contributed by atoms with Crippen LogP contribution in [0.1, 0.15) is 16.8 Å². The van der Waals surface area contributed by atoms with Crippen molar-refractivity contribution >= 4 is 19.6 Å². The zero-order chi connectivity index (χ0) is 19.5. The summed E-state index contributed by atoms with van der Waals surface area (Å²) in [6.45, 7) is -1.16. The monoisotopic (exact) mass is 395 g/mol. The normalized spacial score (nSPS) is 27.8. The highest BCUT2D eigenvalue weighted by Crippen LogP contribution is 2.38. The molecule has 2 heterocycles. The van der Waals surface area contributed by atoms with Crippen molar-refractivity contribution in [3.8, 4) is 0 Å². The number of aromatic nitrogens is 3. The molecule has 26 heavy (non-hydrogen) atoms. The number of esters is 1. The minimum Gasteiger partial charge on any atom is -0.468 e. The van der Waals surface area contributed by atoms with Crippen LogP contribution in [-0.4, -0.2) is 80.3 Å². The average Bonchev–Trinajstić information content (AvgIpc) is 3.18. The predicted molar refractivity (Wildman–Crippen MR) is 80.3 cm³/mol. The van der Waals surface area contributed by atoms with Crippen molar-refractivity contribution in [1.29, 1.82) is 0 Å². The lowest BCUT2D eigenvalue weighted by Crippen LogP contribution is -2.34. The second kappa shape index (κ2) is 8.18. The van der Waals surface area contributed by atoms with Crippen LogP contribution < -0.4 is 10.8 Å². The van der Waals surface area contributed by atoms with Gasteiger partial charge in [-0.25, -0.2) is 19.3 Å². The number of hydrogen-bond acceptors (Lipinski definition) is 10. The first-order valence-corrected chi connectivity index (χ1v) is 8.74. The Morgan fingerprint density at radius 3 is 2.73 bits per heavy atom. The first-order chi connectivity index (χ1) is 12.1. The summed E-state index contributed by atoms with van der Waals surface area (Å²) < 4.78 is 27.1. The fraction of sp³-hybridized carbons (Fsp3) is 0.636. The van der Waals surface area contributed by atoms with Crippen molar-refractivity contribution in [2.45, 2.75) is 24.5 Å². The van der Waals surface area contributed by atoms with Gasteiger partial charge in [-0.1, -0.05) is 0 Å². The molecule has 0 bridgehead atoms. The van der Waals surface area contributed by atoms with E-state index < -0.39 is 57.3 Å². The van der Waals surface area contributed by atoms with Crippen molar-refractivity contribution < 1.29 is 43.3 Å². The maximum Gasteiger partial charge on any atom is 0.403 e. The smallest absolute Gasteiger partial charge is 0.403 e. The Bertz CT molecular complexity index is 712. The van der Waals surface area contributed by atoms with Gasteiger partial charge >= 0.3 is 13.7 Å². The molecular formula is C11H18N5O9P. The summed E-state index contributed by atoms with van der Waals surface area (Å²) >= 11 is 0. The highest BCUT2D eigenvalue weighted by atomic mass is 31.2. The summed E-state index contributed by atoms with van der Waals surface area (Å²) in [5, 5.41) is 25.7. The zero-order valence-electron chi connectivity index (χ0n) is 13.5. The van der Waals surface area contributed by atoms with Crippen LogP contribution in [0.4, 0.5) is 0 Å². The van der Waals surface area contributed by atoms with E-state index in [0.29, 0.717) is 0 Å². The molecule has 0 spiro atoms.